The molecule has 0 spiro atoms. The van der Waals surface area contributed by atoms with Crippen molar-refractivity contribution in [3.05, 3.63) is 53.9 Å². The molecule has 0 radical (unpaired) electrons. The van der Waals surface area contributed by atoms with Crippen molar-refractivity contribution < 1.29 is 14.3 Å². The number of rotatable bonds is 5. The monoisotopic (exact) mass is 330 g/mol. The molecule has 1 aromatic carbocycles. The Morgan fingerprint density at radius 2 is 2.00 bits per heavy atom. The zero-order valence-corrected chi connectivity index (χ0v) is 13.9. The van der Waals surface area contributed by atoms with Gasteiger partial charge >= 0.3 is 0 Å². The molecule has 0 bridgehead atoms. The lowest BCUT2D eigenvalue weighted by Crippen LogP contribution is -2.27. The van der Waals surface area contributed by atoms with E-state index in [1.165, 1.54) is 0 Å². The Hall–Kier alpha value is -2.21. The van der Waals surface area contributed by atoms with Crippen LogP contribution in [0.1, 0.15) is 16.5 Å². The molecule has 3 rings (SSSR count). The van der Waals surface area contributed by atoms with Crippen LogP contribution in [0.5, 0.6) is 11.5 Å². The highest BCUT2D eigenvalue weighted by Crippen LogP contribution is 2.44. The van der Waals surface area contributed by atoms with Gasteiger partial charge in [-0.05, 0) is 29.8 Å². The maximum Gasteiger partial charge on any atom is 0.234 e. The first kappa shape index (κ1) is 15.7. The standard InChI is InChI=1S/C17H18N2O3S/c1-21-13-3-4-14(15(9-13)22-2)17-19(16(20)11-23-17)10-12-5-7-18-8-6-12/h3-9,17H,10-11H2,1-2H3. The summed E-state index contributed by atoms with van der Waals surface area (Å²) in [6.07, 6.45) is 3.48. The number of carbonyl (C=O) groups excluding carboxylic acids is 1. The fourth-order valence-corrected chi connectivity index (χ4v) is 3.80. The van der Waals surface area contributed by atoms with Crippen LogP contribution in [0, 0.1) is 0 Å². The topological polar surface area (TPSA) is 51.7 Å². The molecule has 1 fully saturated rings. The smallest absolute Gasteiger partial charge is 0.234 e. The summed E-state index contributed by atoms with van der Waals surface area (Å²) in [5.41, 5.74) is 2.05. The molecular weight excluding hydrogens is 312 g/mol. The van der Waals surface area contributed by atoms with Gasteiger partial charge in [-0.2, -0.15) is 0 Å². The van der Waals surface area contributed by atoms with Gasteiger partial charge in [0.05, 0.1) is 20.0 Å². The summed E-state index contributed by atoms with van der Waals surface area (Å²) in [5.74, 6) is 2.08. The Bertz CT molecular complexity index is 693. The molecule has 120 valence electrons. The van der Waals surface area contributed by atoms with E-state index >= 15 is 0 Å². The van der Waals surface area contributed by atoms with Crippen LogP contribution < -0.4 is 9.47 Å². The first-order chi connectivity index (χ1) is 11.2. The van der Waals surface area contributed by atoms with E-state index < -0.39 is 0 Å². The van der Waals surface area contributed by atoms with Gasteiger partial charge in [0, 0.05) is 30.6 Å². The number of hydrogen-bond donors (Lipinski definition) is 0. The average Bonchev–Trinajstić information content (AvgIpc) is 2.96. The molecular formula is C17H18N2O3S. The fraction of sp³-hybridized carbons (Fsp3) is 0.294. The first-order valence-corrected chi connectivity index (χ1v) is 8.29. The third kappa shape index (κ3) is 3.27. The molecule has 2 heterocycles. The fourth-order valence-electron chi connectivity index (χ4n) is 2.59. The molecule has 1 amide bonds. The predicted octanol–water partition coefficient (Wildman–Crippen LogP) is 2.87. The number of carbonyl (C=O) groups is 1. The summed E-state index contributed by atoms with van der Waals surface area (Å²) < 4.78 is 10.7. The molecule has 2 aromatic rings. The highest BCUT2D eigenvalue weighted by Gasteiger charge is 2.34. The minimum Gasteiger partial charge on any atom is -0.497 e. The maximum atomic E-state index is 12.3. The second-order valence-electron chi connectivity index (χ2n) is 5.15. The number of ether oxygens (including phenoxy) is 2. The van der Waals surface area contributed by atoms with Crippen molar-refractivity contribution in [1.82, 2.24) is 9.88 Å². The predicted molar refractivity (Wildman–Crippen MR) is 89.5 cm³/mol. The van der Waals surface area contributed by atoms with E-state index in [9.17, 15) is 4.79 Å². The summed E-state index contributed by atoms with van der Waals surface area (Å²) in [7, 11) is 3.25. The molecule has 1 saturated heterocycles. The van der Waals surface area contributed by atoms with E-state index in [0.29, 0.717) is 12.3 Å². The number of amides is 1. The zero-order chi connectivity index (χ0) is 16.2. The lowest BCUT2D eigenvalue weighted by atomic mass is 10.1. The molecule has 0 saturated carbocycles. The number of nitrogens with zero attached hydrogens (tertiary/aromatic N) is 2. The van der Waals surface area contributed by atoms with Crippen LogP contribution in [0.3, 0.4) is 0 Å². The quantitative estimate of drug-likeness (QED) is 0.844. The number of thioether (sulfide) groups is 1. The van der Waals surface area contributed by atoms with Gasteiger partial charge in [0.15, 0.2) is 0 Å². The highest BCUT2D eigenvalue weighted by atomic mass is 32.2. The Kier molecular flexibility index (Phi) is 4.71. The summed E-state index contributed by atoms with van der Waals surface area (Å²) in [6, 6.07) is 9.57. The molecule has 1 aliphatic rings. The Morgan fingerprint density at radius 1 is 1.22 bits per heavy atom. The van der Waals surface area contributed by atoms with Crippen molar-refractivity contribution in [3.8, 4) is 11.5 Å². The summed E-state index contributed by atoms with van der Waals surface area (Å²) in [4.78, 5) is 18.2. The van der Waals surface area contributed by atoms with E-state index in [-0.39, 0.29) is 11.3 Å². The summed E-state index contributed by atoms with van der Waals surface area (Å²) in [5, 5.41) is -0.0588. The van der Waals surface area contributed by atoms with Gasteiger partial charge in [0.1, 0.15) is 16.9 Å². The molecule has 23 heavy (non-hydrogen) atoms. The largest absolute Gasteiger partial charge is 0.497 e. The van der Waals surface area contributed by atoms with E-state index in [1.807, 2.05) is 35.2 Å². The maximum absolute atomic E-state index is 12.3. The number of methoxy groups -OCH3 is 2. The number of aromatic nitrogens is 1. The molecule has 0 aliphatic carbocycles. The highest BCUT2D eigenvalue weighted by molar-refractivity contribution is 8.00. The molecule has 1 unspecified atom stereocenters. The van der Waals surface area contributed by atoms with E-state index in [2.05, 4.69) is 4.98 Å². The molecule has 1 aliphatic heterocycles. The van der Waals surface area contributed by atoms with Crippen LogP contribution in [-0.4, -0.2) is 35.8 Å². The molecule has 1 atom stereocenters. The number of hydrogen-bond acceptors (Lipinski definition) is 5. The third-order valence-electron chi connectivity index (χ3n) is 3.78. The van der Waals surface area contributed by atoms with Crippen molar-refractivity contribution in [2.75, 3.05) is 20.0 Å². The van der Waals surface area contributed by atoms with Crippen LogP contribution in [0.2, 0.25) is 0 Å². The first-order valence-electron chi connectivity index (χ1n) is 7.25. The zero-order valence-electron chi connectivity index (χ0n) is 13.1. The van der Waals surface area contributed by atoms with Crippen LogP contribution in [0.4, 0.5) is 0 Å². The SMILES string of the molecule is COc1ccc(C2SCC(=O)N2Cc2ccncc2)c(OC)c1. The minimum atomic E-state index is -0.0588. The Balaban J connectivity index is 1.90. The number of pyridine rings is 1. The van der Waals surface area contributed by atoms with Crippen LogP contribution in [0.15, 0.2) is 42.7 Å². The van der Waals surface area contributed by atoms with Crippen molar-refractivity contribution in [1.29, 1.82) is 0 Å². The normalized spacial score (nSPS) is 17.4. The Labute approximate surface area is 139 Å². The second kappa shape index (κ2) is 6.91. The lowest BCUT2D eigenvalue weighted by Gasteiger charge is -2.25. The van der Waals surface area contributed by atoms with Crippen molar-refractivity contribution >= 4 is 17.7 Å². The van der Waals surface area contributed by atoms with Gasteiger partial charge in [-0.15, -0.1) is 11.8 Å². The van der Waals surface area contributed by atoms with Crippen molar-refractivity contribution in [2.24, 2.45) is 0 Å². The summed E-state index contributed by atoms with van der Waals surface area (Å²) >= 11 is 1.61. The second-order valence-corrected chi connectivity index (χ2v) is 6.22. The molecule has 6 heteroatoms. The molecule has 5 nitrogen and oxygen atoms in total. The third-order valence-corrected chi connectivity index (χ3v) is 5.01. The van der Waals surface area contributed by atoms with Crippen molar-refractivity contribution in [2.45, 2.75) is 11.9 Å². The lowest BCUT2D eigenvalue weighted by molar-refractivity contribution is -0.128. The van der Waals surface area contributed by atoms with Crippen LogP contribution in [-0.2, 0) is 11.3 Å². The van der Waals surface area contributed by atoms with Crippen LogP contribution in [0.25, 0.3) is 0 Å². The van der Waals surface area contributed by atoms with E-state index in [1.54, 1.807) is 38.4 Å². The van der Waals surface area contributed by atoms with E-state index in [4.69, 9.17) is 9.47 Å². The van der Waals surface area contributed by atoms with Gasteiger partial charge in [-0.1, -0.05) is 0 Å². The van der Waals surface area contributed by atoms with Gasteiger partial charge in [-0.3, -0.25) is 9.78 Å². The molecule has 1 aromatic heterocycles. The Morgan fingerprint density at radius 3 is 2.70 bits per heavy atom. The van der Waals surface area contributed by atoms with Gasteiger partial charge < -0.3 is 14.4 Å². The van der Waals surface area contributed by atoms with E-state index in [0.717, 1.165) is 22.6 Å². The van der Waals surface area contributed by atoms with Crippen LogP contribution >= 0.6 is 11.8 Å². The van der Waals surface area contributed by atoms with Gasteiger partial charge in [0.2, 0.25) is 5.91 Å². The van der Waals surface area contributed by atoms with Crippen molar-refractivity contribution in [3.63, 3.8) is 0 Å². The average molecular weight is 330 g/mol. The molecule has 0 N–H and O–H groups in total. The van der Waals surface area contributed by atoms with Gasteiger partial charge in [-0.25, -0.2) is 0 Å². The number of benzene rings is 1. The minimum absolute atomic E-state index is 0.0588. The summed E-state index contributed by atoms with van der Waals surface area (Å²) in [6.45, 7) is 0.564. The van der Waals surface area contributed by atoms with Gasteiger partial charge in [0.25, 0.3) is 0 Å².